The summed E-state index contributed by atoms with van der Waals surface area (Å²) in [5.74, 6) is -0.319. The van der Waals surface area contributed by atoms with Crippen LogP contribution in [0.2, 0.25) is 0 Å². The summed E-state index contributed by atoms with van der Waals surface area (Å²) >= 11 is 0. The van der Waals surface area contributed by atoms with Crippen molar-refractivity contribution < 1.29 is 19.2 Å². The van der Waals surface area contributed by atoms with E-state index in [0.29, 0.717) is 17.1 Å². The number of para-hydroxylation sites is 2. The van der Waals surface area contributed by atoms with Gasteiger partial charge in [-0.05, 0) is 37.6 Å². The zero-order chi connectivity index (χ0) is 18.9. The van der Waals surface area contributed by atoms with Gasteiger partial charge in [-0.25, -0.2) is 0 Å². The molecule has 2 rings (SSSR count). The van der Waals surface area contributed by atoms with Crippen molar-refractivity contribution in [2.24, 2.45) is 5.16 Å². The summed E-state index contributed by atoms with van der Waals surface area (Å²) in [5.41, 5.74) is 3.28. The Bertz CT molecular complexity index is 818. The monoisotopic (exact) mass is 355 g/mol. The van der Waals surface area contributed by atoms with Crippen LogP contribution in [0, 0.1) is 13.8 Å². The highest BCUT2D eigenvalue weighted by Gasteiger charge is 2.07. The van der Waals surface area contributed by atoms with Gasteiger partial charge >= 0.3 is 0 Å². The third-order valence-electron chi connectivity index (χ3n) is 3.46. The van der Waals surface area contributed by atoms with Crippen molar-refractivity contribution in [3.63, 3.8) is 0 Å². The van der Waals surface area contributed by atoms with Crippen LogP contribution in [0.15, 0.2) is 47.6 Å². The Balaban J connectivity index is 1.79. The van der Waals surface area contributed by atoms with E-state index in [-0.39, 0.29) is 6.61 Å². The van der Waals surface area contributed by atoms with E-state index in [2.05, 4.69) is 15.8 Å². The quantitative estimate of drug-likeness (QED) is 0.590. The molecule has 26 heavy (non-hydrogen) atoms. The number of hydrogen-bond acceptors (Lipinski definition) is 5. The molecule has 136 valence electrons. The number of nitrogens with zero attached hydrogens (tertiary/aromatic N) is 1. The molecule has 0 heterocycles. The fourth-order valence-corrected chi connectivity index (χ4v) is 2.23. The van der Waals surface area contributed by atoms with Crippen molar-refractivity contribution in [1.82, 2.24) is 0 Å². The number of anilines is 2. The molecule has 2 N–H and O–H groups in total. The van der Waals surface area contributed by atoms with E-state index in [0.717, 1.165) is 17.3 Å². The normalized spacial score (nSPS) is 10.4. The molecule has 2 aromatic rings. The number of nitrogens with one attached hydrogen (secondary N) is 2. The van der Waals surface area contributed by atoms with Crippen molar-refractivity contribution in [2.45, 2.75) is 13.8 Å². The number of methoxy groups -OCH3 is 1. The van der Waals surface area contributed by atoms with Gasteiger partial charge in [0.15, 0.2) is 6.61 Å². The molecule has 0 aliphatic rings. The maximum absolute atomic E-state index is 11.8. The number of benzene rings is 2. The smallest absolute Gasteiger partial charge is 0.270 e. The molecular weight excluding hydrogens is 334 g/mol. The second-order valence-corrected chi connectivity index (χ2v) is 5.56. The molecule has 0 saturated heterocycles. The molecule has 2 amide bonds. The number of amides is 2. The van der Waals surface area contributed by atoms with Gasteiger partial charge in [-0.3, -0.25) is 9.59 Å². The lowest BCUT2D eigenvalue weighted by atomic mass is 10.1. The summed E-state index contributed by atoms with van der Waals surface area (Å²) in [6.07, 6.45) is 0.982. The summed E-state index contributed by atoms with van der Waals surface area (Å²) in [6, 6.07) is 12.7. The van der Waals surface area contributed by atoms with Crippen molar-refractivity contribution in [3.05, 3.63) is 53.6 Å². The van der Waals surface area contributed by atoms with Gasteiger partial charge in [-0.1, -0.05) is 35.0 Å². The van der Waals surface area contributed by atoms with Gasteiger partial charge in [0.25, 0.3) is 11.8 Å². The first-order chi connectivity index (χ1) is 12.5. The van der Waals surface area contributed by atoms with Crippen LogP contribution in [-0.2, 0) is 14.4 Å². The van der Waals surface area contributed by atoms with Gasteiger partial charge in [0.1, 0.15) is 12.0 Å². The van der Waals surface area contributed by atoms with Crippen molar-refractivity contribution >= 4 is 29.4 Å². The molecule has 0 unspecified atom stereocenters. The van der Waals surface area contributed by atoms with Crippen LogP contribution in [0.25, 0.3) is 0 Å². The van der Waals surface area contributed by atoms with E-state index < -0.39 is 11.8 Å². The van der Waals surface area contributed by atoms with E-state index in [9.17, 15) is 9.59 Å². The van der Waals surface area contributed by atoms with Gasteiger partial charge in [0.2, 0.25) is 0 Å². The zero-order valence-corrected chi connectivity index (χ0v) is 14.9. The Morgan fingerprint density at radius 2 is 1.85 bits per heavy atom. The molecule has 0 aliphatic heterocycles. The van der Waals surface area contributed by atoms with E-state index in [1.165, 1.54) is 7.11 Å². The third-order valence-corrected chi connectivity index (χ3v) is 3.46. The fourth-order valence-electron chi connectivity index (χ4n) is 2.23. The Hall–Kier alpha value is -3.35. The first-order valence-electron chi connectivity index (χ1n) is 7.96. The molecule has 0 spiro atoms. The minimum absolute atomic E-state index is 0.328. The predicted molar refractivity (Wildman–Crippen MR) is 101 cm³/mol. The SMILES string of the molecule is COc1ccccc1NC(=O)CO/N=C\C(=O)Nc1ccc(C)cc1C. The van der Waals surface area contributed by atoms with Gasteiger partial charge in [-0.2, -0.15) is 0 Å². The molecule has 7 nitrogen and oxygen atoms in total. The van der Waals surface area contributed by atoms with Gasteiger partial charge in [0.05, 0.1) is 12.8 Å². The van der Waals surface area contributed by atoms with E-state index in [4.69, 9.17) is 9.57 Å². The van der Waals surface area contributed by atoms with E-state index in [1.54, 1.807) is 24.3 Å². The van der Waals surface area contributed by atoms with Gasteiger partial charge in [-0.15, -0.1) is 0 Å². The molecule has 0 radical (unpaired) electrons. The van der Waals surface area contributed by atoms with Crippen LogP contribution >= 0.6 is 0 Å². The van der Waals surface area contributed by atoms with Gasteiger partial charge in [0, 0.05) is 5.69 Å². The molecule has 0 bridgehead atoms. The molecule has 0 aliphatic carbocycles. The average Bonchev–Trinajstić information content (AvgIpc) is 2.61. The zero-order valence-electron chi connectivity index (χ0n) is 14.9. The van der Waals surface area contributed by atoms with Crippen LogP contribution in [0.3, 0.4) is 0 Å². The molecule has 2 aromatic carbocycles. The van der Waals surface area contributed by atoms with Crippen LogP contribution in [0.1, 0.15) is 11.1 Å². The number of aryl methyl sites for hydroxylation is 2. The largest absolute Gasteiger partial charge is 0.495 e. The first kappa shape index (κ1) is 19.0. The van der Waals surface area contributed by atoms with Crippen LogP contribution in [0.4, 0.5) is 11.4 Å². The van der Waals surface area contributed by atoms with Crippen molar-refractivity contribution in [3.8, 4) is 5.75 Å². The molecule has 0 aromatic heterocycles. The predicted octanol–water partition coefficient (Wildman–Crippen LogP) is 2.89. The summed E-state index contributed by atoms with van der Waals surface area (Å²) in [6.45, 7) is 3.55. The minimum atomic E-state index is -0.443. The average molecular weight is 355 g/mol. The molecule has 0 saturated carbocycles. The summed E-state index contributed by atoms with van der Waals surface area (Å²) < 4.78 is 5.14. The lowest BCUT2D eigenvalue weighted by Gasteiger charge is -2.09. The Kier molecular flexibility index (Phi) is 6.73. The second-order valence-electron chi connectivity index (χ2n) is 5.56. The summed E-state index contributed by atoms with van der Waals surface area (Å²) in [4.78, 5) is 28.5. The lowest BCUT2D eigenvalue weighted by Crippen LogP contribution is -2.18. The Morgan fingerprint density at radius 1 is 1.08 bits per heavy atom. The molecular formula is C19H21N3O4. The topological polar surface area (TPSA) is 89.0 Å². The van der Waals surface area contributed by atoms with Crippen LogP contribution in [-0.4, -0.2) is 31.7 Å². The number of carbonyl (C=O) groups excluding carboxylic acids is 2. The Morgan fingerprint density at radius 3 is 2.58 bits per heavy atom. The number of carbonyl (C=O) groups is 2. The molecule has 7 heteroatoms. The first-order valence-corrected chi connectivity index (χ1v) is 7.96. The lowest BCUT2D eigenvalue weighted by molar-refractivity contribution is -0.120. The minimum Gasteiger partial charge on any atom is -0.495 e. The standard InChI is InChI=1S/C19H21N3O4/c1-13-8-9-15(14(2)10-13)21-18(23)11-20-26-12-19(24)22-16-6-4-5-7-17(16)25-3/h4-11H,12H2,1-3H3,(H,21,23)(H,22,24)/b20-11-. The van der Waals surface area contributed by atoms with Gasteiger partial charge < -0.3 is 20.2 Å². The van der Waals surface area contributed by atoms with E-state index in [1.807, 2.05) is 32.0 Å². The highest BCUT2D eigenvalue weighted by Crippen LogP contribution is 2.22. The number of rotatable bonds is 7. The fraction of sp³-hybridized carbons (Fsp3) is 0.211. The molecule has 0 atom stereocenters. The third kappa shape index (κ3) is 5.62. The second kappa shape index (κ2) is 9.22. The van der Waals surface area contributed by atoms with Crippen LogP contribution in [0.5, 0.6) is 5.75 Å². The number of oxime groups is 1. The highest BCUT2D eigenvalue weighted by molar-refractivity contribution is 6.31. The van der Waals surface area contributed by atoms with Crippen molar-refractivity contribution in [2.75, 3.05) is 24.4 Å². The van der Waals surface area contributed by atoms with Crippen molar-refractivity contribution in [1.29, 1.82) is 0 Å². The number of hydrogen-bond donors (Lipinski definition) is 2. The summed E-state index contributed by atoms with van der Waals surface area (Å²) in [7, 11) is 1.51. The Labute approximate surface area is 152 Å². The van der Waals surface area contributed by atoms with E-state index >= 15 is 0 Å². The maximum atomic E-state index is 11.8. The highest BCUT2D eigenvalue weighted by atomic mass is 16.6. The van der Waals surface area contributed by atoms with Crippen LogP contribution < -0.4 is 15.4 Å². The maximum Gasteiger partial charge on any atom is 0.270 e. The summed E-state index contributed by atoms with van der Waals surface area (Å²) in [5, 5.41) is 8.84. The number of ether oxygens (including phenoxy) is 1. The molecule has 0 fully saturated rings.